The molecule has 1 unspecified atom stereocenters. The maximum atomic E-state index is 13.0. The van der Waals surface area contributed by atoms with E-state index in [0.29, 0.717) is 11.4 Å². The maximum absolute atomic E-state index is 13.0. The Labute approximate surface area is 167 Å². The van der Waals surface area contributed by atoms with Crippen molar-refractivity contribution in [3.8, 4) is 5.75 Å². The fraction of sp³-hybridized carbons (Fsp3) is 0.235. The third kappa shape index (κ3) is 4.17. The molecule has 3 aromatic rings. The molecule has 0 saturated heterocycles. The van der Waals surface area contributed by atoms with Gasteiger partial charge in [-0.2, -0.15) is 13.2 Å². The van der Waals surface area contributed by atoms with Gasteiger partial charge in [-0.15, -0.1) is 10.2 Å². The summed E-state index contributed by atoms with van der Waals surface area (Å²) in [5, 5.41) is 9.65. The molecule has 0 fully saturated rings. The normalized spacial score (nSPS) is 12.8. The van der Waals surface area contributed by atoms with Crippen LogP contribution >= 0.6 is 23.4 Å². The Hall–Kier alpha value is -2.46. The first-order valence-corrected chi connectivity index (χ1v) is 9.18. The number of carbonyl (C=O) groups is 1. The zero-order valence-electron chi connectivity index (χ0n) is 14.6. The molecule has 0 saturated carbocycles. The van der Waals surface area contributed by atoms with Gasteiger partial charge in [-0.3, -0.25) is 9.20 Å². The number of hydrogen-bond donors (Lipinski definition) is 1. The van der Waals surface area contributed by atoms with Crippen LogP contribution in [0.2, 0.25) is 5.02 Å². The number of pyridine rings is 1. The molecule has 11 heteroatoms. The number of ether oxygens (including phenoxy) is 1. The van der Waals surface area contributed by atoms with Gasteiger partial charge in [0.1, 0.15) is 5.75 Å². The first-order valence-electron chi connectivity index (χ1n) is 7.92. The summed E-state index contributed by atoms with van der Waals surface area (Å²) in [6.07, 6.45) is -3.72. The molecule has 1 aromatic carbocycles. The Balaban J connectivity index is 1.83. The van der Waals surface area contributed by atoms with Crippen LogP contribution in [-0.2, 0) is 11.0 Å². The largest absolute Gasteiger partial charge is 0.495 e. The average molecular weight is 431 g/mol. The molecule has 6 nitrogen and oxygen atoms in total. The van der Waals surface area contributed by atoms with Gasteiger partial charge < -0.3 is 10.1 Å². The third-order valence-electron chi connectivity index (χ3n) is 3.77. The van der Waals surface area contributed by atoms with Crippen LogP contribution < -0.4 is 10.1 Å². The second kappa shape index (κ2) is 7.88. The molecule has 0 radical (unpaired) electrons. The van der Waals surface area contributed by atoms with Crippen LogP contribution in [0.5, 0.6) is 5.75 Å². The Morgan fingerprint density at radius 3 is 2.71 bits per heavy atom. The number of hydrogen-bond acceptors (Lipinski definition) is 5. The molecule has 0 bridgehead atoms. The lowest BCUT2D eigenvalue weighted by atomic mass is 10.3. The smallest absolute Gasteiger partial charge is 0.417 e. The SMILES string of the molecule is COc1ccccc1NC(=O)C(C)Sc1nnc2c(Cl)cc(C(F)(F)F)cn12. The van der Waals surface area contributed by atoms with E-state index in [1.165, 1.54) is 7.11 Å². The standard InChI is InChI=1S/C17H14ClF3N4O2S/c1-9(15(26)22-12-5-3-4-6-13(12)27-2)28-16-24-23-14-11(18)7-10(8-25(14)16)17(19,20)21/h3-9H,1-2H3,(H,22,26). The summed E-state index contributed by atoms with van der Waals surface area (Å²) < 4.78 is 45.4. The highest BCUT2D eigenvalue weighted by Crippen LogP contribution is 2.34. The summed E-state index contributed by atoms with van der Waals surface area (Å²) in [5.41, 5.74) is -0.372. The fourth-order valence-electron chi connectivity index (χ4n) is 2.36. The van der Waals surface area contributed by atoms with Crippen LogP contribution in [-0.4, -0.2) is 32.9 Å². The van der Waals surface area contributed by atoms with Gasteiger partial charge in [0.15, 0.2) is 10.8 Å². The van der Waals surface area contributed by atoms with Crippen LogP contribution in [0.15, 0.2) is 41.7 Å². The molecule has 2 aromatic heterocycles. The predicted octanol–water partition coefficient (Wildman–Crippen LogP) is 4.53. The van der Waals surface area contributed by atoms with Gasteiger partial charge in [0.05, 0.1) is 28.6 Å². The van der Waals surface area contributed by atoms with Crippen molar-refractivity contribution in [1.82, 2.24) is 14.6 Å². The number of methoxy groups -OCH3 is 1. The number of nitrogens with zero attached hydrogens (tertiary/aromatic N) is 3. The van der Waals surface area contributed by atoms with Crippen LogP contribution in [0.25, 0.3) is 5.65 Å². The number of nitrogens with one attached hydrogen (secondary N) is 1. The van der Waals surface area contributed by atoms with E-state index in [1.807, 2.05) is 0 Å². The van der Waals surface area contributed by atoms with E-state index in [-0.39, 0.29) is 21.7 Å². The molecule has 2 heterocycles. The summed E-state index contributed by atoms with van der Waals surface area (Å²) in [6, 6.07) is 7.66. The number of amides is 1. The zero-order chi connectivity index (χ0) is 20.5. The van der Waals surface area contributed by atoms with Crippen LogP contribution in [0.3, 0.4) is 0 Å². The van der Waals surface area contributed by atoms with Crippen molar-refractivity contribution in [2.24, 2.45) is 0 Å². The lowest BCUT2D eigenvalue weighted by Gasteiger charge is -2.14. The van der Waals surface area contributed by atoms with Crippen molar-refractivity contribution >= 4 is 40.6 Å². The van der Waals surface area contributed by atoms with Gasteiger partial charge in [0.25, 0.3) is 0 Å². The van der Waals surface area contributed by atoms with E-state index in [4.69, 9.17) is 16.3 Å². The average Bonchev–Trinajstić information content (AvgIpc) is 3.05. The minimum absolute atomic E-state index is 0.0782. The highest BCUT2D eigenvalue weighted by atomic mass is 35.5. The van der Waals surface area contributed by atoms with E-state index in [1.54, 1.807) is 31.2 Å². The Bertz CT molecular complexity index is 1030. The van der Waals surface area contributed by atoms with E-state index in [9.17, 15) is 18.0 Å². The van der Waals surface area contributed by atoms with Gasteiger partial charge in [0.2, 0.25) is 5.91 Å². The number of alkyl halides is 3. The lowest BCUT2D eigenvalue weighted by Crippen LogP contribution is -2.23. The first-order chi connectivity index (χ1) is 13.2. The molecule has 0 aliphatic heterocycles. The number of benzene rings is 1. The van der Waals surface area contributed by atoms with Crippen molar-refractivity contribution in [2.45, 2.75) is 23.5 Å². The highest BCUT2D eigenvalue weighted by molar-refractivity contribution is 8.00. The summed E-state index contributed by atoms with van der Waals surface area (Å²) >= 11 is 6.85. The molecule has 28 heavy (non-hydrogen) atoms. The molecule has 1 atom stereocenters. The number of aromatic nitrogens is 3. The number of fused-ring (bicyclic) bond motifs is 1. The van der Waals surface area contributed by atoms with Crippen molar-refractivity contribution in [3.63, 3.8) is 0 Å². The lowest BCUT2D eigenvalue weighted by molar-refractivity contribution is -0.137. The molecular weight excluding hydrogens is 417 g/mol. The van der Waals surface area contributed by atoms with Gasteiger partial charge in [-0.1, -0.05) is 35.5 Å². The molecular formula is C17H14ClF3N4O2S. The summed E-state index contributed by atoms with van der Waals surface area (Å²) in [4.78, 5) is 12.5. The summed E-state index contributed by atoms with van der Waals surface area (Å²) in [6.45, 7) is 1.60. The number of para-hydroxylation sites is 2. The highest BCUT2D eigenvalue weighted by Gasteiger charge is 2.32. The van der Waals surface area contributed by atoms with Crippen LogP contribution in [0.1, 0.15) is 12.5 Å². The predicted molar refractivity (Wildman–Crippen MR) is 99.9 cm³/mol. The number of halogens is 4. The number of carbonyl (C=O) groups excluding carboxylic acids is 1. The number of anilines is 1. The molecule has 0 spiro atoms. The molecule has 1 amide bonds. The number of rotatable bonds is 5. The van der Waals surface area contributed by atoms with Crippen LogP contribution in [0, 0.1) is 0 Å². The van der Waals surface area contributed by atoms with Gasteiger partial charge in [-0.05, 0) is 25.1 Å². The molecule has 0 aliphatic carbocycles. The summed E-state index contributed by atoms with van der Waals surface area (Å²) in [5.74, 6) is 0.118. The molecule has 0 aliphatic rings. The van der Waals surface area contributed by atoms with Gasteiger partial charge >= 0.3 is 6.18 Å². The minimum Gasteiger partial charge on any atom is -0.495 e. The fourth-order valence-corrected chi connectivity index (χ4v) is 3.43. The van der Waals surface area contributed by atoms with E-state index < -0.39 is 17.0 Å². The second-order valence-electron chi connectivity index (χ2n) is 5.70. The van der Waals surface area contributed by atoms with E-state index in [2.05, 4.69) is 15.5 Å². The van der Waals surface area contributed by atoms with Crippen molar-refractivity contribution in [1.29, 1.82) is 0 Å². The maximum Gasteiger partial charge on any atom is 0.417 e. The van der Waals surface area contributed by atoms with Crippen molar-refractivity contribution in [3.05, 3.63) is 47.1 Å². The molecule has 3 rings (SSSR count). The first kappa shape index (κ1) is 20.3. The van der Waals surface area contributed by atoms with Gasteiger partial charge in [0, 0.05) is 6.20 Å². The second-order valence-corrected chi connectivity index (χ2v) is 7.42. The van der Waals surface area contributed by atoms with Crippen molar-refractivity contribution in [2.75, 3.05) is 12.4 Å². The van der Waals surface area contributed by atoms with Gasteiger partial charge in [-0.25, -0.2) is 0 Å². The molecule has 1 N–H and O–H groups in total. The summed E-state index contributed by atoms with van der Waals surface area (Å²) in [7, 11) is 1.48. The van der Waals surface area contributed by atoms with Crippen LogP contribution in [0.4, 0.5) is 18.9 Å². The minimum atomic E-state index is -4.57. The monoisotopic (exact) mass is 430 g/mol. The Kier molecular flexibility index (Phi) is 5.71. The van der Waals surface area contributed by atoms with E-state index in [0.717, 1.165) is 28.4 Å². The topological polar surface area (TPSA) is 68.5 Å². The number of thioether (sulfide) groups is 1. The quantitative estimate of drug-likeness (QED) is 0.602. The third-order valence-corrected chi connectivity index (χ3v) is 5.11. The Morgan fingerprint density at radius 2 is 2.04 bits per heavy atom. The Morgan fingerprint density at radius 1 is 1.32 bits per heavy atom. The molecule has 148 valence electrons. The van der Waals surface area contributed by atoms with Crippen molar-refractivity contribution < 1.29 is 22.7 Å². The zero-order valence-corrected chi connectivity index (χ0v) is 16.2. The van der Waals surface area contributed by atoms with E-state index >= 15 is 0 Å².